The summed E-state index contributed by atoms with van der Waals surface area (Å²) in [7, 11) is 0. The van der Waals surface area contributed by atoms with E-state index in [0.717, 1.165) is 4.47 Å². The lowest BCUT2D eigenvalue weighted by atomic mass is 10.3. The number of halogens is 2. The summed E-state index contributed by atoms with van der Waals surface area (Å²) < 4.78 is 1.60. The van der Waals surface area contributed by atoms with Crippen molar-refractivity contribution < 1.29 is 0 Å². The molecule has 0 saturated heterocycles. The molecule has 0 amide bonds. The van der Waals surface area contributed by atoms with Crippen LogP contribution in [0.4, 0.5) is 5.82 Å². The predicted octanol–water partition coefficient (Wildman–Crippen LogP) is 2.65. The Morgan fingerprint density at radius 2 is 1.87 bits per heavy atom. The van der Waals surface area contributed by atoms with Crippen molar-refractivity contribution in [1.29, 1.82) is 0 Å². The molecule has 0 aliphatic heterocycles. The summed E-state index contributed by atoms with van der Waals surface area (Å²) in [6.07, 6.45) is 3.30. The van der Waals surface area contributed by atoms with E-state index in [0.29, 0.717) is 21.8 Å². The molecule has 0 fully saturated rings. The van der Waals surface area contributed by atoms with Crippen LogP contribution in [0.5, 0.6) is 0 Å². The third kappa shape index (κ3) is 2.32. The van der Waals surface area contributed by atoms with Crippen LogP contribution < -0.4 is 5.73 Å². The van der Waals surface area contributed by atoms with E-state index in [1.54, 1.807) is 12.4 Å². The predicted molar refractivity (Wildman–Crippen MR) is 65.1 cm³/mol. The molecule has 0 aromatic carbocycles. The third-order valence-electron chi connectivity index (χ3n) is 1.73. The van der Waals surface area contributed by atoms with Gasteiger partial charge >= 0.3 is 0 Å². The molecule has 0 saturated carbocycles. The van der Waals surface area contributed by atoms with Gasteiger partial charge in [-0.15, -0.1) is 0 Å². The Labute approximate surface area is 103 Å². The van der Waals surface area contributed by atoms with Gasteiger partial charge in [-0.1, -0.05) is 0 Å². The van der Waals surface area contributed by atoms with Crippen LogP contribution in [0.25, 0.3) is 11.5 Å². The molecule has 0 aliphatic carbocycles. The topological polar surface area (TPSA) is 64.7 Å². The first kappa shape index (κ1) is 10.5. The highest BCUT2D eigenvalue weighted by Crippen LogP contribution is 2.20. The number of nitrogens with zero attached hydrogens (tertiary/aromatic N) is 3. The molecular weight excluding hydrogens is 324 g/mol. The average molecular weight is 330 g/mol. The van der Waals surface area contributed by atoms with E-state index in [4.69, 9.17) is 5.73 Å². The molecule has 6 heteroatoms. The van der Waals surface area contributed by atoms with E-state index in [1.165, 1.54) is 0 Å². The van der Waals surface area contributed by atoms with Crippen molar-refractivity contribution in [3.05, 3.63) is 33.5 Å². The Kier molecular flexibility index (Phi) is 2.97. The van der Waals surface area contributed by atoms with Crippen LogP contribution in [0.2, 0.25) is 0 Å². The van der Waals surface area contributed by atoms with Gasteiger partial charge < -0.3 is 5.73 Å². The van der Waals surface area contributed by atoms with Gasteiger partial charge in [0.05, 0.1) is 4.47 Å². The van der Waals surface area contributed by atoms with Gasteiger partial charge in [0.15, 0.2) is 5.82 Å². The van der Waals surface area contributed by atoms with Gasteiger partial charge in [0.25, 0.3) is 0 Å². The van der Waals surface area contributed by atoms with Crippen molar-refractivity contribution in [3.8, 4) is 11.5 Å². The highest BCUT2D eigenvalue weighted by Gasteiger charge is 2.05. The summed E-state index contributed by atoms with van der Waals surface area (Å²) in [5, 5.41) is 0. The number of hydrogen-bond donors (Lipinski definition) is 1. The monoisotopic (exact) mass is 328 g/mol. The maximum absolute atomic E-state index is 5.65. The van der Waals surface area contributed by atoms with Gasteiger partial charge in [0, 0.05) is 16.9 Å². The minimum Gasteiger partial charge on any atom is -0.383 e. The second-order valence-electron chi connectivity index (χ2n) is 2.79. The lowest BCUT2D eigenvalue weighted by molar-refractivity contribution is 1.13. The maximum Gasteiger partial charge on any atom is 0.180 e. The molecule has 76 valence electrons. The van der Waals surface area contributed by atoms with Crippen molar-refractivity contribution in [3.63, 3.8) is 0 Å². The second kappa shape index (κ2) is 4.24. The highest BCUT2D eigenvalue weighted by atomic mass is 79.9. The molecule has 0 spiro atoms. The normalized spacial score (nSPS) is 10.3. The van der Waals surface area contributed by atoms with Crippen LogP contribution >= 0.6 is 31.9 Å². The molecule has 0 atom stereocenters. The van der Waals surface area contributed by atoms with E-state index in [9.17, 15) is 0 Å². The van der Waals surface area contributed by atoms with E-state index in [-0.39, 0.29) is 0 Å². The number of anilines is 1. The largest absolute Gasteiger partial charge is 0.383 e. The zero-order valence-electron chi connectivity index (χ0n) is 7.48. The van der Waals surface area contributed by atoms with Crippen LogP contribution in [0.15, 0.2) is 33.5 Å². The van der Waals surface area contributed by atoms with E-state index < -0.39 is 0 Å². The van der Waals surface area contributed by atoms with Crippen LogP contribution in [0, 0.1) is 0 Å². The number of nitrogen functional groups attached to an aromatic ring is 1. The average Bonchev–Trinajstić information content (AvgIpc) is 2.23. The number of nitrogens with two attached hydrogens (primary N) is 1. The minimum atomic E-state index is 0.407. The van der Waals surface area contributed by atoms with Crippen molar-refractivity contribution in [1.82, 2.24) is 15.0 Å². The van der Waals surface area contributed by atoms with Crippen LogP contribution in [-0.4, -0.2) is 15.0 Å². The zero-order chi connectivity index (χ0) is 10.8. The fourth-order valence-electron chi connectivity index (χ4n) is 1.01. The summed E-state index contributed by atoms with van der Waals surface area (Å²) in [5.41, 5.74) is 6.34. The molecule has 15 heavy (non-hydrogen) atoms. The Bertz CT molecular complexity index is 484. The maximum atomic E-state index is 5.65. The van der Waals surface area contributed by atoms with Crippen LogP contribution in [-0.2, 0) is 0 Å². The molecule has 2 aromatic heterocycles. The summed E-state index contributed by atoms with van der Waals surface area (Å²) in [6, 6.07) is 3.71. The first-order valence-corrected chi connectivity index (χ1v) is 5.65. The first-order valence-electron chi connectivity index (χ1n) is 4.07. The standard InChI is InChI=1S/C9H6Br2N4/c10-5-1-2-7(13-3-5)9-14-4-6(11)8(12)15-9/h1-4H,(H2,12,14,15). The molecule has 2 N–H and O–H groups in total. The van der Waals surface area contributed by atoms with E-state index in [2.05, 4.69) is 46.8 Å². The van der Waals surface area contributed by atoms with Gasteiger partial charge in [-0.25, -0.2) is 9.97 Å². The van der Waals surface area contributed by atoms with Crippen LogP contribution in [0.1, 0.15) is 0 Å². The van der Waals surface area contributed by atoms with Crippen molar-refractivity contribution in [2.24, 2.45) is 0 Å². The van der Waals surface area contributed by atoms with Crippen molar-refractivity contribution >= 4 is 37.7 Å². The number of pyridine rings is 1. The Balaban J connectivity index is 2.45. The summed E-state index contributed by atoms with van der Waals surface area (Å²) in [5.74, 6) is 0.924. The molecule has 2 heterocycles. The Morgan fingerprint density at radius 3 is 2.47 bits per heavy atom. The lowest BCUT2D eigenvalue weighted by Gasteiger charge is -2.01. The fraction of sp³-hybridized carbons (Fsp3) is 0. The smallest absolute Gasteiger partial charge is 0.180 e. The molecular formula is C9H6Br2N4. The molecule has 0 bridgehead atoms. The molecule has 0 aliphatic rings. The van der Waals surface area contributed by atoms with Gasteiger partial charge in [-0.05, 0) is 44.0 Å². The molecule has 2 rings (SSSR count). The van der Waals surface area contributed by atoms with Gasteiger partial charge in [-0.3, -0.25) is 4.98 Å². The van der Waals surface area contributed by atoms with Crippen molar-refractivity contribution in [2.45, 2.75) is 0 Å². The Morgan fingerprint density at radius 1 is 1.07 bits per heavy atom. The van der Waals surface area contributed by atoms with E-state index >= 15 is 0 Å². The van der Waals surface area contributed by atoms with Crippen LogP contribution in [0.3, 0.4) is 0 Å². The molecule has 0 radical (unpaired) electrons. The molecule has 4 nitrogen and oxygen atoms in total. The SMILES string of the molecule is Nc1nc(-c2ccc(Br)cn2)ncc1Br. The summed E-state index contributed by atoms with van der Waals surface area (Å²) >= 11 is 6.54. The molecule has 0 unspecified atom stereocenters. The van der Waals surface area contributed by atoms with Gasteiger partial charge in [0.2, 0.25) is 0 Å². The first-order chi connectivity index (χ1) is 7.16. The lowest BCUT2D eigenvalue weighted by Crippen LogP contribution is -1.97. The fourth-order valence-corrected chi connectivity index (χ4v) is 1.44. The Hall–Kier alpha value is -1.01. The summed E-state index contributed by atoms with van der Waals surface area (Å²) in [4.78, 5) is 12.4. The number of aromatic nitrogens is 3. The van der Waals surface area contributed by atoms with Gasteiger partial charge in [-0.2, -0.15) is 0 Å². The van der Waals surface area contributed by atoms with E-state index in [1.807, 2.05) is 12.1 Å². The highest BCUT2D eigenvalue weighted by molar-refractivity contribution is 9.10. The molecule has 2 aromatic rings. The quantitative estimate of drug-likeness (QED) is 0.873. The zero-order valence-corrected chi connectivity index (χ0v) is 10.7. The summed E-state index contributed by atoms with van der Waals surface area (Å²) in [6.45, 7) is 0. The second-order valence-corrected chi connectivity index (χ2v) is 4.56. The number of hydrogen-bond acceptors (Lipinski definition) is 4. The third-order valence-corrected chi connectivity index (χ3v) is 2.81. The minimum absolute atomic E-state index is 0.407. The van der Waals surface area contributed by atoms with Gasteiger partial charge in [0.1, 0.15) is 11.5 Å². The van der Waals surface area contributed by atoms with Crippen molar-refractivity contribution in [2.75, 3.05) is 5.73 Å². The number of rotatable bonds is 1.